The number of carbonyl (C=O) groups is 1. The van der Waals surface area contributed by atoms with Crippen molar-refractivity contribution in [1.82, 2.24) is 10.2 Å². The largest absolute Gasteiger partial charge is 0.389 e. The van der Waals surface area contributed by atoms with E-state index >= 15 is 0 Å². The molecule has 0 bridgehead atoms. The number of urea groups is 1. The molecular formula is C15H28N2O3. The topological polar surface area (TPSA) is 61.8 Å². The lowest BCUT2D eigenvalue weighted by Crippen LogP contribution is -2.53. The van der Waals surface area contributed by atoms with Gasteiger partial charge in [-0.2, -0.15) is 0 Å². The molecule has 0 spiro atoms. The number of hydrogen-bond donors (Lipinski definition) is 2. The fourth-order valence-corrected chi connectivity index (χ4v) is 3.40. The fraction of sp³-hybridized carbons (Fsp3) is 0.933. The normalized spacial score (nSPS) is 29.9. The molecule has 2 N–H and O–H groups in total. The average Bonchev–Trinajstić information content (AvgIpc) is 2.84. The second kappa shape index (κ2) is 6.31. The number of ether oxygens (including phenoxy) is 1. The molecule has 1 heterocycles. The summed E-state index contributed by atoms with van der Waals surface area (Å²) in [6.45, 7) is 7.17. The van der Waals surface area contributed by atoms with Crippen LogP contribution in [0, 0.1) is 5.92 Å². The van der Waals surface area contributed by atoms with Gasteiger partial charge in [0.2, 0.25) is 0 Å². The van der Waals surface area contributed by atoms with Gasteiger partial charge in [-0.15, -0.1) is 0 Å². The van der Waals surface area contributed by atoms with E-state index in [2.05, 4.69) is 5.32 Å². The Labute approximate surface area is 121 Å². The van der Waals surface area contributed by atoms with Crippen molar-refractivity contribution in [3.05, 3.63) is 0 Å². The molecule has 0 radical (unpaired) electrons. The van der Waals surface area contributed by atoms with Crippen molar-refractivity contribution in [3.8, 4) is 0 Å². The van der Waals surface area contributed by atoms with E-state index in [1.807, 2.05) is 6.92 Å². The Hall–Kier alpha value is -0.810. The Balaban J connectivity index is 1.92. The molecule has 2 rings (SSSR count). The molecule has 1 aliphatic heterocycles. The maximum Gasteiger partial charge on any atom is 0.317 e. The zero-order chi connectivity index (χ0) is 14.8. The summed E-state index contributed by atoms with van der Waals surface area (Å²) < 4.78 is 5.73. The number of fused-ring (bicyclic) bond motifs is 1. The number of nitrogens with one attached hydrogen (secondary N) is 1. The van der Waals surface area contributed by atoms with Gasteiger partial charge < -0.3 is 20.1 Å². The number of carbonyl (C=O) groups excluding carboxylic acids is 1. The van der Waals surface area contributed by atoms with Gasteiger partial charge in [0.25, 0.3) is 0 Å². The van der Waals surface area contributed by atoms with Crippen molar-refractivity contribution in [2.75, 3.05) is 19.7 Å². The van der Waals surface area contributed by atoms with E-state index in [1.165, 1.54) is 0 Å². The number of nitrogens with zero attached hydrogens (tertiary/aromatic N) is 1. The third-order valence-electron chi connectivity index (χ3n) is 4.34. The lowest BCUT2D eigenvalue weighted by molar-refractivity contribution is 0.0412. The fourth-order valence-electron chi connectivity index (χ4n) is 3.40. The quantitative estimate of drug-likeness (QED) is 0.826. The molecule has 5 nitrogen and oxygen atoms in total. The molecule has 20 heavy (non-hydrogen) atoms. The highest BCUT2D eigenvalue weighted by atomic mass is 16.5. The van der Waals surface area contributed by atoms with Crippen LogP contribution in [0.15, 0.2) is 0 Å². The van der Waals surface area contributed by atoms with E-state index in [4.69, 9.17) is 4.74 Å². The van der Waals surface area contributed by atoms with Crippen molar-refractivity contribution in [2.24, 2.45) is 5.92 Å². The molecule has 2 fully saturated rings. The van der Waals surface area contributed by atoms with Crippen LogP contribution in [0.25, 0.3) is 0 Å². The van der Waals surface area contributed by atoms with Gasteiger partial charge in [0.05, 0.1) is 18.2 Å². The maximum atomic E-state index is 12.4. The van der Waals surface area contributed by atoms with Crippen molar-refractivity contribution < 1.29 is 14.6 Å². The van der Waals surface area contributed by atoms with Crippen LogP contribution in [0.4, 0.5) is 4.79 Å². The van der Waals surface area contributed by atoms with Crippen LogP contribution >= 0.6 is 0 Å². The number of amides is 2. The minimum atomic E-state index is -0.862. The van der Waals surface area contributed by atoms with Gasteiger partial charge in [-0.3, -0.25) is 0 Å². The lowest BCUT2D eigenvalue weighted by Gasteiger charge is -2.35. The standard InChI is InChI=1S/C15H28N2O3/c1-4-17(10-15(2,3)19)14(18)16-12-6-5-7-13-11(12)8-9-20-13/h11-13,19H,4-10H2,1-3H3,(H,16,18). The molecule has 116 valence electrons. The molecule has 0 aromatic carbocycles. The SMILES string of the molecule is CCN(CC(C)(C)O)C(=O)NC1CCCC2OCCC12. The van der Waals surface area contributed by atoms with E-state index in [-0.39, 0.29) is 12.1 Å². The lowest BCUT2D eigenvalue weighted by atomic mass is 9.82. The number of likely N-dealkylation sites (N-methyl/N-ethyl adjacent to an activating group) is 1. The van der Waals surface area contributed by atoms with Crippen molar-refractivity contribution in [3.63, 3.8) is 0 Å². The number of aliphatic hydroxyl groups is 1. The molecule has 3 unspecified atom stereocenters. The van der Waals surface area contributed by atoms with Crippen LogP contribution in [0.3, 0.4) is 0 Å². The summed E-state index contributed by atoms with van der Waals surface area (Å²) in [6.07, 6.45) is 4.66. The summed E-state index contributed by atoms with van der Waals surface area (Å²) in [7, 11) is 0. The van der Waals surface area contributed by atoms with E-state index in [0.29, 0.717) is 25.1 Å². The number of rotatable bonds is 4. The monoisotopic (exact) mass is 284 g/mol. The predicted octanol–water partition coefficient (Wildman–Crippen LogP) is 1.75. The predicted molar refractivity (Wildman–Crippen MR) is 77.6 cm³/mol. The first-order chi connectivity index (χ1) is 9.40. The Morgan fingerprint density at radius 2 is 2.15 bits per heavy atom. The molecule has 2 aliphatic rings. The number of hydrogen-bond acceptors (Lipinski definition) is 3. The van der Waals surface area contributed by atoms with Gasteiger partial charge in [-0.05, 0) is 46.5 Å². The van der Waals surface area contributed by atoms with E-state index in [0.717, 1.165) is 32.3 Å². The molecular weight excluding hydrogens is 256 g/mol. The maximum absolute atomic E-state index is 12.4. The highest BCUT2D eigenvalue weighted by Gasteiger charge is 2.38. The minimum absolute atomic E-state index is 0.0628. The molecule has 3 atom stereocenters. The Bertz CT molecular complexity index is 341. The molecule has 0 aromatic rings. The molecule has 0 aromatic heterocycles. The summed E-state index contributed by atoms with van der Waals surface area (Å²) in [5.74, 6) is 0.466. The summed E-state index contributed by atoms with van der Waals surface area (Å²) >= 11 is 0. The first-order valence-corrected chi connectivity index (χ1v) is 7.80. The third kappa shape index (κ3) is 3.85. The van der Waals surface area contributed by atoms with Crippen molar-refractivity contribution in [2.45, 2.75) is 64.2 Å². The van der Waals surface area contributed by atoms with Crippen molar-refractivity contribution >= 4 is 6.03 Å². The highest BCUT2D eigenvalue weighted by Crippen LogP contribution is 2.34. The summed E-state index contributed by atoms with van der Waals surface area (Å²) in [6, 6.07) is 0.159. The summed E-state index contributed by atoms with van der Waals surface area (Å²) in [5, 5.41) is 13.0. The van der Waals surface area contributed by atoms with Gasteiger partial charge in [0.1, 0.15) is 0 Å². The third-order valence-corrected chi connectivity index (χ3v) is 4.34. The van der Waals surface area contributed by atoms with E-state index < -0.39 is 5.60 Å². The van der Waals surface area contributed by atoms with Gasteiger partial charge in [0, 0.05) is 25.1 Å². The second-order valence-electron chi connectivity index (χ2n) is 6.68. The average molecular weight is 284 g/mol. The zero-order valence-corrected chi connectivity index (χ0v) is 12.9. The molecule has 1 aliphatic carbocycles. The van der Waals surface area contributed by atoms with Crippen LogP contribution in [-0.2, 0) is 4.74 Å². The van der Waals surface area contributed by atoms with Crippen LogP contribution in [0.5, 0.6) is 0 Å². The molecule has 5 heteroatoms. The summed E-state index contributed by atoms with van der Waals surface area (Å²) in [5.41, 5.74) is -0.862. The van der Waals surface area contributed by atoms with Crippen LogP contribution in [0.1, 0.15) is 46.5 Å². The van der Waals surface area contributed by atoms with Gasteiger partial charge in [-0.1, -0.05) is 0 Å². The molecule has 1 saturated heterocycles. The zero-order valence-electron chi connectivity index (χ0n) is 12.9. The minimum Gasteiger partial charge on any atom is -0.389 e. The highest BCUT2D eigenvalue weighted by molar-refractivity contribution is 5.74. The second-order valence-corrected chi connectivity index (χ2v) is 6.68. The Morgan fingerprint density at radius 3 is 2.80 bits per heavy atom. The van der Waals surface area contributed by atoms with Crippen LogP contribution < -0.4 is 5.32 Å². The van der Waals surface area contributed by atoms with E-state index in [9.17, 15) is 9.90 Å². The Morgan fingerprint density at radius 1 is 1.40 bits per heavy atom. The van der Waals surface area contributed by atoms with E-state index in [1.54, 1.807) is 18.7 Å². The van der Waals surface area contributed by atoms with Crippen LogP contribution in [-0.4, -0.2) is 53.5 Å². The van der Waals surface area contributed by atoms with Gasteiger partial charge in [-0.25, -0.2) is 4.79 Å². The first-order valence-electron chi connectivity index (χ1n) is 7.80. The molecule has 2 amide bonds. The van der Waals surface area contributed by atoms with Gasteiger partial charge >= 0.3 is 6.03 Å². The smallest absolute Gasteiger partial charge is 0.317 e. The van der Waals surface area contributed by atoms with Crippen molar-refractivity contribution in [1.29, 1.82) is 0 Å². The summed E-state index contributed by atoms with van der Waals surface area (Å²) in [4.78, 5) is 14.1. The molecule has 1 saturated carbocycles. The van der Waals surface area contributed by atoms with Crippen LogP contribution in [0.2, 0.25) is 0 Å². The van der Waals surface area contributed by atoms with Gasteiger partial charge in [0.15, 0.2) is 0 Å². The first kappa shape index (κ1) is 15.6. The Kier molecular flexibility index (Phi) is 4.91.